The van der Waals surface area contributed by atoms with Crippen LogP contribution in [0.4, 0.5) is 0 Å². The molecule has 0 unspecified atom stereocenters. The van der Waals surface area contributed by atoms with Crippen LogP contribution in [-0.2, 0) is 17.8 Å². The number of carbonyl (C=O) groups is 1. The van der Waals surface area contributed by atoms with Crippen LogP contribution >= 0.6 is 0 Å². The van der Waals surface area contributed by atoms with Crippen molar-refractivity contribution in [1.29, 1.82) is 0 Å². The van der Waals surface area contributed by atoms with Crippen molar-refractivity contribution in [2.24, 2.45) is 11.1 Å². The summed E-state index contributed by atoms with van der Waals surface area (Å²) in [5, 5.41) is 7.43. The second kappa shape index (κ2) is 9.05. The topological polar surface area (TPSA) is 104 Å². The SMILES string of the molecule is COc1ccc(Cc2nc([C@@H](C)N)n(CC(=O)NCC(C)(C)C)n2)cc1OC. The first-order chi connectivity index (χ1) is 13.1. The molecule has 1 amide bonds. The number of methoxy groups -OCH3 is 2. The molecule has 3 N–H and O–H groups in total. The minimum Gasteiger partial charge on any atom is -0.493 e. The first kappa shape index (κ1) is 21.7. The van der Waals surface area contributed by atoms with E-state index in [-0.39, 0.29) is 23.9 Å². The summed E-state index contributed by atoms with van der Waals surface area (Å²) in [6, 6.07) is 5.34. The van der Waals surface area contributed by atoms with Gasteiger partial charge in [0.05, 0.1) is 20.3 Å². The zero-order chi connectivity index (χ0) is 20.9. The maximum absolute atomic E-state index is 12.3. The molecular formula is C20H31N5O3. The number of aromatic nitrogens is 3. The molecule has 0 fully saturated rings. The molecule has 0 aliphatic rings. The number of ether oxygens (including phenoxy) is 2. The van der Waals surface area contributed by atoms with Crippen LogP contribution in [0.25, 0.3) is 0 Å². The van der Waals surface area contributed by atoms with Crippen LogP contribution in [0.1, 0.15) is 50.9 Å². The van der Waals surface area contributed by atoms with Crippen molar-refractivity contribution in [3.8, 4) is 11.5 Å². The van der Waals surface area contributed by atoms with Crippen molar-refractivity contribution < 1.29 is 14.3 Å². The Morgan fingerprint density at radius 2 is 1.93 bits per heavy atom. The molecule has 1 aromatic carbocycles. The quantitative estimate of drug-likeness (QED) is 0.716. The van der Waals surface area contributed by atoms with E-state index in [0.29, 0.717) is 36.1 Å². The molecule has 0 radical (unpaired) electrons. The Bertz CT molecular complexity index is 809. The minimum atomic E-state index is -0.331. The molecule has 0 bridgehead atoms. The molecule has 0 spiro atoms. The fourth-order valence-electron chi connectivity index (χ4n) is 2.66. The summed E-state index contributed by atoms with van der Waals surface area (Å²) in [7, 11) is 3.19. The van der Waals surface area contributed by atoms with Crippen LogP contribution in [0.15, 0.2) is 18.2 Å². The molecular weight excluding hydrogens is 358 g/mol. The van der Waals surface area contributed by atoms with E-state index in [4.69, 9.17) is 15.2 Å². The van der Waals surface area contributed by atoms with Gasteiger partial charge in [-0.25, -0.2) is 9.67 Å². The van der Waals surface area contributed by atoms with Crippen LogP contribution in [-0.4, -0.2) is 41.4 Å². The monoisotopic (exact) mass is 389 g/mol. The summed E-state index contributed by atoms with van der Waals surface area (Å²) < 4.78 is 12.2. The first-order valence-corrected chi connectivity index (χ1v) is 9.29. The van der Waals surface area contributed by atoms with Gasteiger partial charge in [0.25, 0.3) is 0 Å². The smallest absolute Gasteiger partial charge is 0.241 e. The fourth-order valence-corrected chi connectivity index (χ4v) is 2.66. The van der Waals surface area contributed by atoms with E-state index in [9.17, 15) is 4.79 Å². The van der Waals surface area contributed by atoms with Crippen molar-refractivity contribution in [2.75, 3.05) is 20.8 Å². The number of carbonyl (C=O) groups excluding carboxylic acids is 1. The van der Waals surface area contributed by atoms with Gasteiger partial charge in [0.1, 0.15) is 12.4 Å². The van der Waals surface area contributed by atoms with Gasteiger partial charge in [0, 0.05) is 13.0 Å². The summed E-state index contributed by atoms with van der Waals surface area (Å²) in [4.78, 5) is 16.8. The number of benzene rings is 1. The molecule has 2 aromatic rings. The van der Waals surface area contributed by atoms with E-state index in [1.165, 1.54) is 0 Å². The lowest BCUT2D eigenvalue weighted by Crippen LogP contribution is -2.35. The van der Waals surface area contributed by atoms with Gasteiger partial charge in [-0.2, -0.15) is 5.10 Å². The lowest BCUT2D eigenvalue weighted by molar-refractivity contribution is -0.122. The summed E-state index contributed by atoms with van der Waals surface area (Å²) in [6.45, 7) is 8.71. The zero-order valence-electron chi connectivity index (χ0n) is 17.6. The Kier molecular flexibility index (Phi) is 7.01. The number of nitrogens with two attached hydrogens (primary N) is 1. The third-order valence-corrected chi connectivity index (χ3v) is 4.07. The first-order valence-electron chi connectivity index (χ1n) is 9.29. The van der Waals surface area contributed by atoms with Gasteiger partial charge in [-0.1, -0.05) is 26.8 Å². The van der Waals surface area contributed by atoms with Crippen molar-refractivity contribution >= 4 is 5.91 Å². The Balaban J connectivity index is 2.16. The molecule has 28 heavy (non-hydrogen) atoms. The molecule has 1 heterocycles. The predicted octanol–water partition coefficient (Wildman–Crippen LogP) is 2.07. The van der Waals surface area contributed by atoms with Crippen molar-refractivity contribution in [1.82, 2.24) is 20.1 Å². The number of nitrogens with one attached hydrogen (secondary N) is 1. The number of nitrogens with zero attached hydrogens (tertiary/aromatic N) is 3. The van der Waals surface area contributed by atoms with Crippen LogP contribution in [0, 0.1) is 5.41 Å². The predicted molar refractivity (Wildman–Crippen MR) is 107 cm³/mol. The van der Waals surface area contributed by atoms with Crippen molar-refractivity contribution in [3.63, 3.8) is 0 Å². The average molecular weight is 390 g/mol. The highest BCUT2D eigenvalue weighted by Crippen LogP contribution is 2.28. The Morgan fingerprint density at radius 3 is 2.50 bits per heavy atom. The Morgan fingerprint density at radius 1 is 1.25 bits per heavy atom. The molecule has 2 rings (SSSR count). The normalized spacial score (nSPS) is 12.5. The zero-order valence-corrected chi connectivity index (χ0v) is 17.6. The van der Waals surface area contributed by atoms with Gasteiger partial charge < -0.3 is 20.5 Å². The molecule has 1 atom stereocenters. The van der Waals surface area contributed by atoms with E-state index < -0.39 is 0 Å². The molecule has 0 aliphatic carbocycles. The van der Waals surface area contributed by atoms with E-state index in [1.54, 1.807) is 18.9 Å². The minimum absolute atomic E-state index is 0.0145. The lowest BCUT2D eigenvalue weighted by atomic mass is 9.97. The van der Waals surface area contributed by atoms with Gasteiger partial charge in [0.15, 0.2) is 17.3 Å². The fraction of sp³-hybridized carbons (Fsp3) is 0.550. The van der Waals surface area contributed by atoms with Gasteiger partial charge in [-0.05, 0) is 30.0 Å². The molecule has 8 nitrogen and oxygen atoms in total. The third kappa shape index (κ3) is 5.95. The Labute approximate surface area is 166 Å². The number of amides is 1. The maximum atomic E-state index is 12.3. The number of hydrogen-bond donors (Lipinski definition) is 2. The number of hydrogen-bond acceptors (Lipinski definition) is 6. The second-order valence-electron chi connectivity index (χ2n) is 8.04. The standard InChI is InChI=1S/C20H31N5O3/c1-13(21)19-23-17(10-14-7-8-15(27-5)16(9-14)28-6)24-25(19)11-18(26)22-12-20(2,3)4/h7-9,13H,10-12,21H2,1-6H3,(H,22,26)/t13-/m1/s1. The largest absolute Gasteiger partial charge is 0.493 e. The van der Waals surface area contributed by atoms with Crippen molar-refractivity contribution in [3.05, 3.63) is 35.4 Å². The Hall–Kier alpha value is -2.61. The lowest BCUT2D eigenvalue weighted by Gasteiger charge is -2.18. The molecule has 8 heteroatoms. The van der Waals surface area contributed by atoms with Crippen LogP contribution in [0.2, 0.25) is 0 Å². The highest BCUT2D eigenvalue weighted by molar-refractivity contribution is 5.75. The van der Waals surface area contributed by atoms with Gasteiger partial charge in [-0.15, -0.1) is 0 Å². The number of rotatable bonds is 8. The molecule has 0 aliphatic heterocycles. The summed E-state index contributed by atoms with van der Waals surface area (Å²) >= 11 is 0. The molecule has 1 aromatic heterocycles. The van der Waals surface area contributed by atoms with Crippen LogP contribution in [0.5, 0.6) is 11.5 Å². The van der Waals surface area contributed by atoms with Crippen LogP contribution in [0.3, 0.4) is 0 Å². The maximum Gasteiger partial charge on any atom is 0.241 e. The summed E-state index contributed by atoms with van der Waals surface area (Å²) in [6.07, 6.45) is 0.497. The molecule has 154 valence electrons. The average Bonchev–Trinajstić information content (AvgIpc) is 3.01. The van der Waals surface area contributed by atoms with Gasteiger partial charge in [-0.3, -0.25) is 4.79 Å². The van der Waals surface area contributed by atoms with Crippen LogP contribution < -0.4 is 20.5 Å². The summed E-state index contributed by atoms with van der Waals surface area (Å²) in [5.41, 5.74) is 7.02. The molecule has 0 saturated carbocycles. The third-order valence-electron chi connectivity index (χ3n) is 4.07. The van der Waals surface area contributed by atoms with E-state index in [1.807, 2.05) is 25.1 Å². The molecule has 0 saturated heterocycles. The van der Waals surface area contributed by atoms with Gasteiger partial charge >= 0.3 is 0 Å². The van der Waals surface area contributed by atoms with E-state index in [0.717, 1.165) is 5.56 Å². The summed E-state index contributed by atoms with van der Waals surface area (Å²) in [5.74, 6) is 2.38. The van der Waals surface area contributed by atoms with E-state index >= 15 is 0 Å². The van der Waals surface area contributed by atoms with Gasteiger partial charge in [0.2, 0.25) is 5.91 Å². The second-order valence-corrected chi connectivity index (χ2v) is 8.04. The highest BCUT2D eigenvalue weighted by Gasteiger charge is 2.18. The van der Waals surface area contributed by atoms with E-state index in [2.05, 4.69) is 36.2 Å². The van der Waals surface area contributed by atoms with Crippen molar-refractivity contribution in [2.45, 2.75) is 46.7 Å². The highest BCUT2D eigenvalue weighted by atomic mass is 16.5.